The molecule has 0 spiro atoms. The number of carbonyl (C=O) groups is 1. The number of rotatable bonds is 1. The molecule has 1 fully saturated rings. The second-order valence-electron chi connectivity index (χ2n) is 2.74. The molecule has 1 aliphatic heterocycles. The minimum Gasteiger partial charge on any atom is -0.480 e. The van der Waals surface area contributed by atoms with E-state index >= 15 is 0 Å². The van der Waals surface area contributed by atoms with Crippen LogP contribution >= 0.6 is 17.0 Å². The van der Waals surface area contributed by atoms with E-state index in [2.05, 4.69) is 0 Å². The number of hydrogen-bond donors (Lipinski definition) is 2. The molecule has 0 amide bonds. The first-order valence-corrected chi connectivity index (χ1v) is 3.45. The molecule has 3 nitrogen and oxygen atoms in total. The molecule has 0 aromatic rings. The van der Waals surface area contributed by atoms with E-state index in [0.29, 0.717) is 0 Å². The molecule has 0 saturated carbocycles. The minimum atomic E-state index is -4.71. The van der Waals surface area contributed by atoms with Crippen molar-refractivity contribution in [3.8, 4) is 0 Å². The summed E-state index contributed by atoms with van der Waals surface area (Å²) in [6.07, 6.45) is -4.85. The molecular formula is C6H9BrF3NO2. The van der Waals surface area contributed by atoms with E-state index < -0.39 is 17.7 Å². The van der Waals surface area contributed by atoms with Gasteiger partial charge in [-0.2, -0.15) is 13.2 Å². The first kappa shape index (κ1) is 12.7. The molecule has 0 aromatic carbocycles. The van der Waals surface area contributed by atoms with Gasteiger partial charge >= 0.3 is 12.1 Å². The summed E-state index contributed by atoms with van der Waals surface area (Å²) >= 11 is 0. The molecular weight excluding hydrogens is 255 g/mol. The molecule has 1 heterocycles. The van der Waals surface area contributed by atoms with Gasteiger partial charge in [-0.15, -0.1) is 17.0 Å². The number of nitrogens with one attached hydrogen (secondary N) is 1. The van der Waals surface area contributed by atoms with Crippen LogP contribution in [0.25, 0.3) is 0 Å². The molecule has 0 bridgehead atoms. The van der Waals surface area contributed by atoms with Gasteiger partial charge in [-0.25, -0.2) is 4.79 Å². The van der Waals surface area contributed by atoms with Gasteiger partial charge < -0.3 is 5.11 Å². The van der Waals surface area contributed by atoms with Crippen LogP contribution < -0.4 is 5.32 Å². The number of alkyl halides is 3. The van der Waals surface area contributed by atoms with Gasteiger partial charge in [0, 0.05) is 0 Å². The highest BCUT2D eigenvalue weighted by Crippen LogP contribution is 2.37. The Balaban J connectivity index is 0.00000144. The smallest absolute Gasteiger partial charge is 0.417 e. The maximum Gasteiger partial charge on any atom is 0.417 e. The Morgan fingerprint density at radius 3 is 2.15 bits per heavy atom. The van der Waals surface area contributed by atoms with Crippen molar-refractivity contribution in [2.45, 2.75) is 24.6 Å². The Labute approximate surface area is 83.1 Å². The van der Waals surface area contributed by atoms with Gasteiger partial charge in [0.25, 0.3) is 0 Å². The summed E-state index contributed by atoms with van der Waals surface area (Å²) in [5, 5.41) is 10.4. The Bertz CT molecular complexity index is 201. The van der Waals surface area contributed by atoms with Gasteiger partial charge in [-0.3, -0.25) is 5.32 Å². The van der Waals surface area contributed by atoms with E-state index in [4.69, 9.17) is 5.11 Å². The fourth-order valence-corrected chi connectivity index (χ4v) is 1.29. The highest BCUT2D eigenvalue weighted by molar-refractivity contribution is 8.93. The summed E-state index contributed by atoms with van der Waals surface area (Å²) in [4.78, 5) is 10.4. The van der Waals surface area contributed by atoms with Gasteiger partial charge in [0.15, 0.2) is 0 Å². The monoisotopic (exact) mass is 263 g/mol. The van der Waals surface area contributed by atoms with Gasteiger partial charge in [-0.05, 0) is 19.4 Å². The largest absolute Gasteiger partial charge is 0.480 e. The molecule has 78 valence electrons. The second kappa shape index (κ2) is 3.83. The molecule has 7 heteroatoms. The normalized spacial score (nSPS) is 28.2. The van der Waals surface area contributed by atoms with Crippen molar-refractivity contribution in [3.05, 3.63) is 0 Å². The molecule has 2 N–H and O–H groups in total. The zero-order valence-electron chi connectivity index (χ0n) is 6.52. The third-order valence-corrected chi connectivity index (χ3v) is 2.00. The van der Waals surface area contributed by atoms with Crippen LogP contribution in [0.1, 0.15) is 12.8 Å². The number of carboxylic acids is 1. The Hall–Kier alpha value is -0.300. The van der Waals surface area contributed by atoms with E-state index in [1.165, 1.54) is 0 Å². The Morgan fingerprint density at radius 2 is 2.00 bits per heavy atom. The molecule has 1 aliphatic rings. The third kappa shape index (κ3) is 1.96. The van der Waals surface area contributed by atoms with E-state index in [0.717, 1.165) is 0 Å². The molecule has 0 radical (unpaired) electrons. The van der Waals surface area contributed by atoms with Crippen LogP contribution in [-0.2, 0) is 4.79 Å². The highest BCUT2D eigenvalue weighted by atomic mass is 79.9. The standard InChI is InChI=1S/C6H8F3NO2.BrH/c7-6(8,9)5(4(11)12)2-1-3-10-5;/h10H,1-3H2,(H,11,12);1H. The van der Waals surface area contributed by atoms with Crippen molar-refractivity contribution < 1.29 is 23.1 Å². The Kier molecular flexibility index (Phi) is 3.74. The summed E-state index contributed by atoms with van der Waals surface area (Å²) < 4.78 is 36.7. The van der Waals surface area contributed by atoms with Crippen LogP contribution in [0.5, 0.6) is 0 Å². The van der Waals surface area contributed by atoms with Crippen molar-refractivity contribution in [2.24, 2.45) is 0 Å². The highest BCUT2D eigenvalue weighted by Gasteiger charge is 2.61. The topological polar surface area (TPSA) is 49.3 Å². The SMILES string of the molecule is Br.O=C(O)C1(C(F)(F)F)CCCN1. The minimum absolute atomic E-state index is 0. The fraction of sp³-hybridized carbons (Fsp3) is 0.833. The van der Waals surface area contributed by atoms with Crippen LogP contribution in [-0.4, -0.2) is 29.3 Å². The second-order valence-corrected chi connectivity index (χ2v) is 2.74. The molecule has 1 saturated heterocycles. The van der Waals surface area contributed by atoms with E-state index in [1.807, 2.05) is 5.32 Å². The van der Waals surface area contributed by atoms with Crippen LogP contribution in [0.3, 0.4) is 0 Å². The first-order valence-electron chi connectivity index (χ1n) is 3.45. The number of carboxylic acid groups (broad SMARTS) is 1. The van der Waals surface area contributed by atoms with E-state index in [1.54, 1.807) is 0 Å². The summed E-state index contributed by atoms with van der Waals surface area (Å²) in [6.45, 7) is 0.103. The van der Waals surface area contributed by atoms with Crippen LogP contribution in [0, 0.1) is 0 Å². The van der Waals surface area contributed by atoms with E-state index in [9.17, 15) is 18.0 Å². The summed E-state index contributed by atoms with van der Waals surface area (Å²) in [5.74, 6) is -1.84. The van der Waals surface area contributed by atoms with Crippen molar-refractivity contribution in [1.82, 2.24) is 5.32 Å². The summed E-state index contributed by atoms with van der Waals surface area (Å²) in [7, 11) is 0. The fourth-order valence-electron chi connectivity index (χ4n) is 1.29. The first-order chi connectivity index (χ1) is 5.40. The number of halogens is 4. The molecule has 1 unspecified atom stereocenters. The summed E-state index contributed by atoms with van der Waals surface area (Å²) in [6, 6.07) is 0. The lowest BCUT2D eigenvalue weighted by atomic mass is 9.97. The average Bonchev–Trinajstić information content (AvgIpc) is 2.31. The third-order valence-electron chi connectivity index (χ3n) is 2.00. The van der Waals surface area contributed by atoms with Crippen molar-refractivity contribution in [3.63, 3.8) is 0 Å². The van der Waals surface area contributed by atoms with Gasteiger partial charge in [0.05, 0.1) is 0 Å². The molecule has 0 aliphatic carbocycles. The van der Waals surface area contributed by atoms with Crippen molar-refractivity contribution in [2.75, 3.05) is 6.54 Å². The molecule has 0 aromatic heterocycles. The Morgan fingerprint density at radius 1 is 1.46 bits per heavy atom. The van der Waals surface area contributed by atoms with E-state index in [-0.39, 0.29) is 36.4 Å². The maximum absolute atomic E-state index is 12.2. The molecule has 1 atom stereocenters. The lowest BCUT2D eigenvalue weighted by Crippen LogP contribution is -2.58. The number of hydrogen-bond acceptors (Lipinski definition) is 2. The predicted octanol–water partition coefficient (Wildman–Crippen LogP) is 1.33. The zero-order valence-corrected chi connectivity index (χ0v) is 8.23. The molecule has 1 rings (SSSR count). The van der Waals surface area contributed by atoms with Gasteiger partial charge in [-0.1, -0.05) is 0 Å². The lowest BCUT2D eigenvalue weighted by Gasteiger charge is -2.26. The van der Waals surface area contributed by atoms with Gasteiger partial charge in [0.2, 0.25) is 5.54 Å². The van der Waals surface area contributed by atoms with Crippen molar-refractivity contribution in [1.29, 1.82) is 0 Å². The lowest BCUT2D eigenvalue weighted by molar-refractivity contribution is -0.206. The van der Waals surface area contributed by atoms with Gasteiger partial charge in [0.1, 0.15) is 0 Å². The van der Waals surface area contributed by atoms with Crippen LogP contribution in [0.2, 0.25) is 0 Å². The zero-order chi connectivity index (χ0) is 9.41. The number of aliphatic carboxylic acids is 1. The van der Waals surface area contributed by atoms with Crippen LogP contribution in [0.15, 0.2) is 0 Å². The molecule has 13 heavy (non-hydrogen) atoms. The summed E-state index contributed by atoms with van der Waals surface area (Å²) in [5.41, 5.74) is -2.70. The van der Waals surface area contributed by atoms with Crippen LogP contribution in [0.4, 0.5) is 13.2 Å². The predicted molar refractivity (Wildman–Crippen MR) is 44.0 cm³/mol. The maximum atomic E-state index is 12.2. The quantitative estimate of drug-likeness (QED) is 0.751. The van der Waals surface area contributed by atoms with Crippen molar-refractivity contribution >= 4 is 23.0 Å². The average molecular weight is 264 g/mol.